The second kappa shape index (κ2) is 6.36. The molecule has 6 nitrogen and oxygen atoms in total. The number of hydrogen-bond donors (Lipinski definition) is 0. The number of carbonyl (C=O) groups excluding carboxylic acids is 2. The smallest absolute Gasteiger partial charge is 0.327 e. The standard InChI is InChI=1S/C19H20FN3O3/c20-15-4-3-13(9-21)8-14(15)10-23-17(24)11-22(18(23)25)12-19-5-1-2-16(19)26-7-6-19/h3-4,8,16H,1-2,5-7,10-12H2/t16-,19-/m1/s1. The van der Waals surface area contributed by atoms with Crippen LogP contribution in [0, 0.1) is 22.6 Å². The van der Waals surface area contributed by atoms with Crippen LogP contribution in [0.25, 0.3) is 0 Å². The van der Waals surface area contributed by atoms with Crippen molar-refractivity contribution in [3.63, 3.8) is 0 Å². The molecule has 0 unspecified atom stereocenters. The lowest BCUT2D eigenvalue weighted by atomic mass is 9.82. The highest BCUT2D eigenvalue weighted by Gasteiger charge is 2.50. The maximum Gasteiger partial charge on any atom is 0.327 e. The first-order valence-electron chi connectivity index (χ1n) is 8.92. The fourth-order valence-electron chi connectivity index (χ4n) is 4.51. The van der Waals surface area contributed by atoms with Crippen LogP contribution < -0.4 is 0 Å². The summed E-state index contributed by atoms with van der Waals surface area (Å²) >= 11 is 0. The van der Waals surface area contributed by atoms with Gasteiger partial charge < -0.3 is 9.64 Å². The Kier molecular flexibility index (Phi) is 4.16. The molecule has 1 aromatic rings. The molecule has 0 aromatic heterocycles. The number of fused-ring (bicyclic) bond motifs is 1. The van der Waals surface area contributed by atoms with E-state index in [-0.39, 0.29) is 42.1 Å². The molecule has 0 bridgehead atoms. The van der Waals surface area contributed by atoms with E-state index in [1.807, 2.05) is 6.07 Å². The van der Waals surface area contributed by atoms with Crippen LogP contribution in [0.15, 0.2) is 18.2 Å². The van der Waals surface area contributed by atoms with Crippen molar-refractivity contribution in [1.82, 2.24) is 9.80 Å². The highest BCUT2D eigenvalue weighted by atomic mass is 19.1. The average molecular weight is 357 g/mol. The van der Waals surface area contributed by atoms with Gasteiger partial charge in [-0.2, -0.15) is 5.26 Å². The predicted molar refractivity (Wildman–Crippen MR) is 89.3 cm³/mol. The van der Waals surface area contributed by atoms with Crippen LogP contribution in [0.1, 0.15) is 36.8 Å². The quantitative estimate of drug-likeness (QED) is 0.776. The van der Waals surface area contributed by atoms with E-state index < -0.39 is 5.82 Å². The van der Waals surface area contributed by atoms with Crippen LogP contribution in [0.3, 0.4) is 0 Å². The summed E-state index contributed by atoms with van der Waals surface area (Å²) in [6, 6.07) is 5.50. The van der Waals surface area contributed by atoms with Crippen LogP contribution in [0.5, 0.6) is 0 Å². The minimum atomic E-state index is -0.526. The Morgan fingerprint density at radius 2 is 2.19 bits per heavy atom. The van der Waals surface area contributed by atoms with E-state index in [0.717, 1.165) is 30.6 Å². The molecular formula is C19H20FN3O3. The Morgan fingerprint density at radius 1 is 1.35 bits per heavy atom. The van der Waals surface area contributed by atoms with Gasteiger partial charge in [0, 0.05) is 24.1 Å². The van der Waals surface area contributed by atoms with Crippen LogP contribution in [0.4, 0.5) is 9.18 Å². The number of carbonyl (C=O) groups is 2. The van der Waals surface area contributed by atoms with Crippen LogP contribution in [-0.2, 0) is 16.1 Å². The Hall–Kier alpha value is -2.46. The minimum Gasteiger partial charge on any atom is -0.378 e. The van der Waals surface area contributed by atoms with Gasteiger partial charge in [-0.3, -0.25) is 9.69 Å². The molecule has 2 saturated heterocycles. The van der Waals surface area contributed by atoms with Gasteiger partial charge in [-0.15, -0.1) is 0 Å². The van der Waals surface area contributed by atoms with Crippen LogP contribution in [0.2, 0.25) is 0 Å². The van der Waals surface area contributed by atoms with Gasteiger partial charge in [-0.25, -0.2) is 9.18 Å². The van der Waals surface area contributed by atoms with E-state index in [0.29, 0.717) is 18.7 Å². The predicted octanol–water partition coefficient (Wildman–Crippen LogP) is 2.42. The number of benzene rings is 1. The van der Waals surface area contributed by atoms with Gasteiger partial charge >= 0.3 is 6.03 Å². The summed E-state index contributed by atoms with van der Waals surface area (Å²) in [5.74, 6) is -0.858. The number of amides is 3. The van der Waals surface area contributed by atoms with E-state index in [1.54, 1.807) is 4.90 Å². The lowest BCUT2D eigenvalue weighted by Gasteiger charge is -2.32. The third kappa shape index (κ3) is 2.74. The topological polar surface area (TPSA) is 73.6 Å². The zero-order chi connectivity index (χ0) is 18.3. The number of rotatable bonds is 4. The van der Waals surface area contributed by atoms with Crippen molar-refractivity contribution in [3.05, 3.63) is 35.1 Å². The lowest BCUT2D eigenvalue weighted by Crippen LogP contribution is -2.42. The number of urea groups is 1. The van der Waals surface area contributed by atoms with Crippen molar-refractivity contribution < 1.29 is 18.7 Å². The summed E-state index contributed by atoms with van der Waals surface area (Å²) < 4.78 is 19.8. The molecule has 2 atom stereocenters. The number of halogens is 1. The first kappa shape index (κ1) is 17.0. The second-order valence-corrected chi connectivity index (χ2v) is 7.40. The van der Waals surface area contributed by atoms with Crippen LogP contribution >= 0.6 is 0 Å². The molecule has 2 aliphatic heterocycles. The normalized spacial score (nSPS) is 27.9. The van der Waals surface area contributed by atoms with Crippen molar-refractivity contribution in [2.24, 2.45) is 5.41 Å². The lowest BCUT2D eigenvalue weighted by molar-refractivity contribution is -0.125. The molecule has 1 aromatic carbocycles. The first-order valence-corrected chi connectivity index (χ1v) is 8.92. The van der Waals surface area contributed by atoms with Gasteiger partial charge in [0.2, 0.25) is 0 Å². The fourth-order valence-corrected chi connectivity index (χ4v) is 4.51. The summed E-state index contributed by atoms with van der Waals surface area (Å²) in [6.07, 6.45) is 4.18. The Bertz CT molecular complexity index is 794. The van der Waals surface area contributed by atoms with Gasteiger partial charge in [0.25, 0.3) is 5.91 Å². The van der Waals surface area contributed by atoms with Crippen molar-refractivity contribution >= 4 is 11.9 Å². The van der Waals surface area contributed by atoms with E-state index in [2.05, 4.69) is 0 Å². The second-order valence-electron chi connectivity index (χ2n) is 7.40. The number of imide groups is 1. The molecule has 136 valence electrons. The monoisotopic (exact) mass is 357 g/mol. The number of ether oxygens (including phenoxy) is 1. The molecule has 4 rings (SSSR count). The van der Waals surface area contributed by atoms with Gasteiger partial charge in [0.05, 0.1) is 24.3 Å². The molecule has 26 heavy (non-hydrogen) atoms. The molecule has 3 amide bonds. The molecule has 3 aliphatic rings. The van der Waals surface area contributed by atoms with E-state index in [4.69, 9.17) is 10.00 Å². The van der Waals surface area contributed by atoms with E-state index >= 15 is 0 Å². The SMILES string of the molecule is N#Cc1ccc(F)c(CN2C(=O)CN(C[C@]34CCC[C@H]3OCC4)C2=O)c1. The summed E-state index contributed by atoms with van der Waals surface area (Å²) in [5.41, 5.74) is 0.430. The van der Waals surface area contributed by atoms with Crippen molar-refractivity contribution in [2.75, 3.05) is 19.7 Å². The molecule has 2 heterocycles. The molecule has 0 N–H and O–H groups in total. The van der Waals surface area contributed by atoms with Crippen molar-refractivity contribution in [3.8, 4) is 6.07 Å². The van der Waals surface area contributed by atoms with Gasteiger partial charge in [0.15, 0.2) is 0 Å². The van der Waals surface area contributed by atoms with E-state index in [1.165, 1.54) is 18.2 Å². The molecule has 0 radical (unpaired) electrons. The average Bonchev–Trinajstić information content (AvgIpc) is 3.26. The molecule has 1 saturated carbocycles. The van der Waals surface area contributed by atoms with Gasteiger partial charge in [0.1, 0.15) is 12.4 Å². The molecule has 7 heteroatoms. The highest BCUT2D eigenvalue weighted by molar-refractivity contribution is 6.02. The molecule has 3 fully saturated rings. The fraction of sp³-hybridized carbons (Fsp3) is 0.526. The minimum absolute atomic E-state index is 0.0207. The number of hydrogen-bond acceptors (Lipinski definition) is 4. The maximum atomic E-state index is 14.0. The van der Waals surface area contributed by atoms with Crippen molar-refractivity contribution in [1.29, 1.82) is 5.26 Å². The summed E-state index contributed by atoms with van der Waals surface area (Å²) in [6.45, 7) is 1.09. The maximum absolute atomic E-state index is 14.0. The van der Waals surface area contributed by atoms with Gasteiger partial charge in [-0.1, -0.05) is 6.42 Å². The first-order chi connectivity index (χ1) is 12.5. The third-order valence-electron chi connectivity index (χ3n) is 5.88. The van der Waals surface area contributed by atoms with Crippen LogP contribution in [-0.4, -0.2) is 47.5 Å². The summed E-state index contributed by atoms with van der Waals surface area (Å²) in [4.78, 5) is 27.8. The molecule has 1 aliphatic carbocycles. The molecular weight excluding hydrogens is 337 g/mol. The van der Waals surface area contributed by atoms with Crippen molar-refractivity contribution in [2.45, 2.75) is 38.3 Å². The highest BCUT2D eigenvalue weighted by Crippen LogP contribution is 2.48. The largest absolute Gasteiger partial charge is 0.378 e. The number of nitriles is 1. The van der Waals surface area contributed by atoms with Gasteiger partial charge in [-0.05, 0) is 37.5 Å². The molecule has 0 spiro atoms. The zero-order valence-corrected chi connectivity index (χ0v) is 14.4. The summed E-state index contributed by atoms with van der Waals surface area (Å²) in [5, 5.41) is 8.97. The Labute approximate surface area is 151 Å². The third-order valence-corrected chi connectivity index (χ3v) is 5.88. The Balaban J connectivity index is 1.50. The Morgan fingerprint density at radius 3 is 3.00 bits per heavy atom. The van der Waals surface area contributed by atoms with E-state index in [9.17, 15) is 14.0 Å². The zero-order valence-electron chi connectivity index (χ0n) is 14.4. The summed E-state index contributed by atoms with van der Waals surface area (Å²) in [7, 11) is 0. The number of nitrogens with zero attached hydrogens (tertiary/aromatic N) is 3.